The summed E-state index contributed by atoms with van der Waals surface area (Å²) in [5.41, 5.74) is 5.04. The molecule has 0 saturated heterocycles. The van der Waals surface area contributed by atoms with Gasteiger partial charge >= 0.3 is 0 Å². The Bertz CT molecular complexity index is 121. The summed E-state index contributed by atoms with van der Waals surface area (Å²) in [6, 6.07) is 0. The summed E-state index contributed by atoms with van der Waals surface area (Å²) in [4.78, 5) is 10.6. The number of aliphatic hydroxyl groups is 1. The molecule has 0 aromatic rings. The number of hydrogen-bond acceptors (Lipinski definition) is 3. The number of hydrogen-bond donors (Lipinski definition) is 2. The molecule has 0 aliphatic heterocycles. The van der Waals surface area contributed by atoms with Gasteiger partial charge in [0.25, 0.3) is 0 Å². The van der Waals surface area contributed by atoms with Crippen LogP contribution < -0.4 is 5.73 Å². The van der Waals surface area contributed by atoms with Gasteiger partial charge in [0.2, 0.25) is 0 Å². The molecule has 0 aliphatic carbocycles. The van der Waals surface area contributed by atoms with Crippen molar-refractivity contribution in [3.05, 3.63) is 12.7 Å². The van der Waals surface area contributed by atoms with Crippen molar-refractivity contribution in [3.63, 3.8) is 0 Å². The van der Waals surface area contributed by atoms with E-state index in [0.717, 1.165) is 0 Å². The van der Waals surface area contributed by atoms with E-state index >= 15 is 0 Å². The van der Waals surface area contributed by atoms with Crippen LogP contribution in [0.25, 0.3) is 0 Å². The highest BCUT2D eigenvalue weighted by molar-refractivity contribution is 5.88. The average Bonchev–Trinajstić information content (AvgIpc) is 1.87. The van der Waals surface area contributed by atoms with Crippen molar-refractivity contribution in [2.45, 2.75) is 25.5 Å². The molecule has 0 aromatic carbocycles. The molecule has 0 fully saturated rings. The van der Waals surface area contributed by atoms with Crippen molar-refractivity contribution in [2.75, 3.05) is 0 Å². The van der Waals surface area contributed by atoms with Crippen molar-refractivity contribution in [3.8, 4) is 0 Å². The highest BCUT2D eigenvalue weighted by Gasteiger charge is 1.98. The minimum Gasteiger partial charge on any atom is -0.379 e. The Balaban J connectivity index is 3.19. The highest BCUT2D eigenvalue weighted by Crippen LogP contribution is 1.97. The third-order valence-electron chi connectivity index (χ3n) is 1.15. The summed E-state index contributed by atoms with van der Waals surface area (Å²) in [5.74, 6) is 0.000602. The van der Waals surface area contributed by atoms with Crippen molar-refractivity contribution >= 4 is 5.78 Å². The number of carbonyl (C=O) groups is 1. The quantitative estimate of drug-likeness (QED) is 0.426. The SMILES string of the molecule is C=CC(=O)CCCC(N)O. The van der Waals surface area contributed by atoms with Gasteiger partial charge < -0.3 is 10.8 Å². The molecule has 0 radical (unpaired) electrons. The first-order valence-corrected chi connectivity index (χ1v) is 3.25. The molecule has 1 unspecified atom stereocenters. The van der Waals surface area contributed by atoms with Gasteiger partial charge in [-0.2, -0.15) is 0 Å². The van der Waals surface area contributed by atoms with Gasteiger partial charge in [-0.15, -0.1) is 0 Å². The molecule has 58 valence electrons. The van der Waals surface area contributed by atoms with Crippen LogP contribution in [0.2, 0.25) is 0 Å². The van der Waals surface area contributed by atoms with E-state index in [-0.39, 0.29) is 5.78 Å². The maximum absolute atomic E-state index is 10.6. The summed E-state index contributed by atoms with van der Waals surface area (Å²) in [5, 5.41) is 8.58. The molecular formula is C7H13NO2. The first-order chi connectivity index (χ1) is 4.66. The fraction of sp³-hybridized carbons (Fsp3) is 0.571. The Kier molecular flexibility index (Phi) is 4.80. The molecule has 0 saturated carbocycles. The monoisotopic (exact) mass is 143 g/mol. The zero-order chi connectivity index (χ0) is 7.98. The fourth-order valence-corrected chi connectivity index (χ4v) is 0.587. The Labute approximate surface area is 60.5 Å². The van der Waals surface area contributed by atoms with Crippen LogP contribution in [0.1, 0.15) is 19.3 Å². The number of allylic oxidation sites excluding steroid dienone is 1. The second kappa shape index (κ2) is 5.14. The molecule has 1 atom stereocenters. The van der Waals surface area contributed by atoms with Crippen LogP contribution >= 0.6 is 0 Å². The van der Waals surface area contributed by atoms with E-state index in [1.807, 2.05) is 0 Å². The second-order valence-corrected chi connectivity index (χ2v) is 2.13. The summed E-state index contributed by atoms with van der Waals surface area (Å²) in [7, 11) is 0. The second-order valence-electron chi connectivity index (χ2n) is 2.13. The molecule has 3 nitrogen and oxygen atoms in total. The molecule has 0 spiro atoms. The van der Waals surface area contributed by atoms with Crippen LogP contribution in [0.5, 0.6) is 0 Å². The molecule has 0 bridgehead atoms. The topological polar surface area (TPSA) is 63.3 Å². The predicted molar refractivity (Wildman–Crippen MR) is 39.2 cm³/mol. The van der Waals surface area contributed by atoms with Gasteiger partial charge in [-0.25, -0.2) is 0 Å². The minimum absolute atomic E-state index is 0.000602. The molecule has 0 rings (SSSR count). The number of ketones is 1. The maximum atomic E-state index is 10.6. The summed E-state index contributed by atoms with van der Waals surface area (Å²) in [6.45, 7) is 3.32. The Morgan fingerprint density at radius 1 is 1.80 bits per heavy atom. The van der Waals surface area contributed by atoms with E-state index in [1.165, 1.54) is 6.08 Å². The van der Waals surface area contributed by atoms with Gasteiger partial charge in [-0.1, -0.05) is 6.58 Å². The van der Waals surface area contributed by atoms with Crippen LogP contribution in [0.3, 0.4) is 0 Å². The number of rotatable bonds is 5. The van der Waals surface area contributed by atoms with E-state index in [0.29, 0.717) is 19.3 Å². The van der Waals surface area contributed by atoms with Gasteiger partial charge in [0.15, 0.2) is 5.78 Å². The van der Waals surface area contributed by atoms with E-state index < -0.39 is 6.23 Å². The lowest BCUT2D eigenvalue weighted by Crippen LogP contribution is -2.18. The van der Waals surface area contributed by atoms with Crippen LogP contribution in [0, 0.1) is 0 Å². The van der Waals surface area contributed by atoms with Gasteiger partial charge in [0, 0.05) is 6.42 Å². The predicted octanol–water partition coefficient (Wildman–Crippen LogP) is 0.189. The first kappa shape index (κ1) is 9.33. The van der Waals surface area contributed by atoms with Crippen molar-refractivity contribution in [1.29, 1.82) is 0 Å². The van der Waals surface area contributed by atoms with Crippen molar-refractivity contribution < 1.29 is 9.90 Å². The largest absolute Gasteiger partial charge is 0.379 e. The number of aliphatic hydroxyl groups excluding tert-OH is 1. The lowest BCUT2D eigenvalue weighted by atomic mass is 10.1. The lowest BCUT2D eigenvalue weighted by molar-refractivity contribution is -0.114. The van der Waals surface area contributed by atoms with Crippen molar-refractivity contribution in [1.82, 2.24) is 0 Å². The molecule has 0 aliphatic rings. The third-order valence-corrected chi connectivity index (χ3v) is 1.15. The Morgan fingerprint density at radius 3 is 2.80 bits per heavy atom. The number of nitrogens with two attached hydrogens (primary N) is 1. The molecule has 3 N–H and O–H groups in total. The smallest absolute Gasteiger partial charge is 0.155 e. The van der Waals surface area contributed by atoms with E-state index in [4.69, 9.17) is 10.8 Å². The highest BCUT2D eigenvalue weighted by atomic mass is 16.3. The van der Waals surface area contributed by atoms with Crippen LogP contribution in [0.15, 0.2) is 12.7 Å². The molecular weight excluding hydrogens is 130 g/mol. The number of carbonyl (C=O) groups excluding carboxylic acids is 1. The standard InChI is InChI=1S/C7H13NO2/c1-2-6(9)4-3-5-7(8)10/h2,7,10H,1,3-5,8H2. The van der Waals surface area contributed by atoms with Gasteiger partial charge in [-0.05, 0) is 18.9 Å². The lowest BCUT2D eigenvalue weighted by Gasteiger charge is -2.00. The molecule has 10 heavy (non-hydrogen) atoms. The first-order valence-electron chi connectivity index (χ1n) is 3.25. The summed E-state index contributed by atoms with van der Waals surface area (Å²) >= 11 is 0. The normalized spacial score (nSPS) is 12.6. The Morgan fingerprint density at radius 2 is 2.40 bits per heavy atom. The molecule has 0 heterocycles. The molecule has 0 amide bonds. The maximum Gasteiger partial charge on any atom is 0.155 e. The minimum atomic E-state index is -0.794. The summed E-state index contributed by atoms with van der Waals surface area (Å²) < 4.78 is 0. The van der Waals surface area contributed by atoms with Crippen molar-refractivity contribution in [2.24, 2.45) is 5.73 Å². The fourth-order valence-electron chi connectivity index (χ4n) is 0.587. The van der Waals surface area contributed by atoms with Crippen LogP contribution in [-0.4, -0.2) is 17.1 Å². The van der Waals surface area contributed by atoms with Gasteiger partial charge in [0.1, 0.15) is 6.23 Å². The van der Waals surface area contributed by atoms with E-state index in [9.17, 15) is 4.79 Å². The van der Waals surface area contributed by atoms with E-state index in [1.54, 1.807) is 0 Å². The van der Waals surface area contributed by atoms with Gasteiger partial charge in [0.05, 0.1) is 0 Å². The average molecular weight is 143 g/mol. The Hall–Kier alpha value is -0.670. The molecule has 3 heteroatoms. The zero-order valence-electron chi connectivity index (χ0n) is 5.92. The molecule has 0 aromatic heterocycles. The zero-order valence-corrected chi connectivity index (χ0v) is 5.92. The van der Waals surface area contributed by atoms with E-state index in [2.05, 4.69) is 6.58 Å². The summed E-state index contributed by atoms with van der Waals surface area (Å²) in [6.07, 6.45) is 2.01. The third kappa shape index (κ3) is 5.47. The van der Waals surface area contributed by atoms with Crippen LogP contribution in [0.4, 0.5) is 0 Å². The van der Waals surface area contributed by atoms with Crippen LogP contribution in [-0.2, 0) is 4.79 Å². The van der Waals surface area contributed by atoms with Gasteiger partial charge in [-0.3, -0.25) is 4.79 Å².